The Morgan fingerprint density at radius 1 is 1.27 bits per heavy atom. The number of phenolic OH excluding ortho intramolecular Hbond substituents is 1. The number of fused-ring (bicyclic) bond motifs is 1. The highest BCUT2D eigenvalue weighted by molar-refractivity contribution is 8.01. The number of rotatable bonds is 10. The summed E-state index contributed by atoms with van der Waals surface area (Å²) in [6.07, 6.45) is -0.0526. The normalized spacial score (nSPS) is 18.5. The molecule has 2 atom stereocenters. The Morgan fingerprint density at radius 3 is 2.78 bits per heavy atom. The third kappa shape index (κ3) is 6.10. The number of nitrogens with one attached hydrogen (secondary N) is 1. The van der Waals surface area contributed by atoms with Gasteiger partial charge in [0.15, 0.2) is 5.71 Å². The van der Waals surface area contributed by atoms with Gasteiger partial charge in [0.25, 0.3) is 11.8 Å². The monoisotopic (exact) mass is 615 g/mol. The molecular weight excluding hydrogens is 595 g/mol. The standard InChI is InChI=1S/C24H21N7O7S3/c1-30-24(26-28-29-30)41-11-13-10-40-22-18(21(35)31(22)19(13)23(36)37)25-20(34)17(12-4-2-5-14(32)8-12)27-38-16(33)9-15-6-3-7-39-15/h2-8,18,22,32H,9-11H2,1H3,(H,25,34)(H,36,37)/t18?,22-/m0/s1. The van der Waals surface area contributed by atoms with E-state index in [9.17, 15) is 29.4 Å². The van der Waals surface area contributed by atoms with E-state index >= 15 is 0 Å². The number of aryl methyl sites for hydroxylation is 1. The third-order valence-electron chi connectivity index (χ3n) is 5.97. The molecule has 1 fully saturated rings. The predicted molar refractivity (Wildman–Crippen MR) is 148 cm³/mol. The molecule has 17 heteroatoms. The third-order valence-corrected chi connectivity index (χ3v) is 9.28. The first-order valence-electron chi connectivity index (χ1n) is 11.9. The molecule has 0 aliphatic carbocycles. The van der Waals surface area contributed by atoms with Crippen LogP contribution in [0, 0.1) is 0 Å². The number of carboxylic acids is 1. The molecule has 4 heterocycles. The molecule has 2 aliphatic heterocycles. The van der Waals surface area contributed by atoms with E-state index in [2.05, 4.69) is 26.0 Å². The SMILES string of the molecule is Cn1nnnc1SCC1=C(C(=O)O)N2C(=O)C(NC(=O)C(=NOC(=O)Cc3cccs3)c3cccc(O)c3)[C@@H]2SC1. The first-order valence-corrected chi connectivity index (χ1v) is 14.8. The average molecular weight is 616 g/mol. The molecule has 41 heavy (non-hydrogen) atoms. The number of β-lactam (4-membered cyclic amide) rings is 1. The summed E-state index contributed by atoms with van der Waals surface area (Å²) in [6, 6.07) is 8.11. The lowest BCUT2D eigenvalue weighted by Crippen LogP contribution is -2.71. The van der Waals surface area contributed by atoms with Crippen molar-refractivity contribution < 1.29 is 34.2 Å². The second-order valence-electron chi connectivity index (χ2n) is 8.70. The molecular formula is C24H21N7O7S3. The molecule has 5 rings (SSSR count). The van der Waals surface area contributed by atoms with E-state index in [1.165, 1.54) is 63.8 Å². The number of nitrogens with zero attached hydrogens (tertiary/aromatic N) is 6. The number of phenols is 1. The first kappa shape index (κ1) is 28.3. The second-order valence-corrected chi connectivity index (χ2v) is 11.8. The first-order chi connectivity index (χ1) is 19.7. The number of thiophene rings is 1. The lowest BCUT2D eigenvalue weighted by atomic mass is 10.0. The summed E-state index contributed by atoms with van der Waals surface area (Å²) < 4.78 is 1.45. The lowest BCUT2D eigenvalue weighted by Gasteiger charge is -2.49. The minimum atomic E-state index is -1.26. The molecule has 1 aromatic carbocycles. The Kier molecular flexibility index (Phi) is 8.36. The van der Waals surface area contributed by atoms with Crippen molar-refractivity contribution in [2.75, 3.05) is 11.5 Å². The average Bonchev–Trinajstić information content (AvgIpc) is 3.61. The van der Waals surface area contributed by atoms with Gasteiger partial charge < -0.3 is 20.4 Å². The van der Waals surface area contributed by atoms with E-state index in [0.717, 1.165) is 9.78 Å². The number of hydrogen-bond donors (Lipinski definition) is 3. The molecule has 14 nitrogen and oxygen atoms in total. The maximum absolute atomic E-state index is 13.3. The number of aromatic nitrogens is 4. The molecule has 1 unspecified atom stereocenters. The van der Waals surface area contributed by atoms with Gasteiger partial charge in [0, 0.05) is 29.0 Å². The van der Waals surface area contributed by atoms with Crippen LogP contribution in [0.15, 0.2) is 63.4 Å². The topological polar surface area (TPSA) is 189 Å². The number of benzene rings is 1. The van der Waals surface area contributed by atoms with Crippen LogP contribution >= 0.6 is 34.9 Å². The van der Waals surface area contributed by atoms with Crippen LogP contribution in [0.2, 0.25) is 0 Å². The van der Waals surface area contributed by atoms with Gasteiger partial charge in [-0.2, -0.15) is 0 Å². The molecule has 2 amide bonds. The Bertz CT molecular complexity index is 1570. The van der Waals surface area contributed by atoms with Crippen LogP contribution in [0.25, 0.3) is 0 Å². The highest BCUT2D eigenvalue weighted by Crippen LogP contribution is 2.41. The predicted octanol–water partition coefficient (Wildman–Crippen LogP) is 0.998. The molecule has 2 aromatic heterocycles. The summed E-state index contributed by atoms with van der Waals surface area (Å²) in [5, 5.41) is 39.0. The molecule has 0 radical (unpaired) electrons. The van der Waals surface area contributed by atoms with Gasteiger partial charge in [0.1, 0.15) is 22.9 Å². The number of aliphatic carboxylic acids is 1. The van der Waals surface area contributed by atoms with Gasteiger partial charge in [0.05, 0.1) is 6.42 Å². The van der Waals surface area contributed by atoms with Crippen LogP contribution in [0.1, 0.15) is 10.4 Å². The summed E-state index contributed by atoms with van der Waals surface area (Å²) in [4.78, 5) is 57.8. The minimum Gasteiger partial charge on any atom is -0.508 e. The number of carbonyl (C=O) groups excluding carboxylic acids is 3. The quantitative estimate of drug-likeness (QED) is 0.0966. The number of carboxylic acid groups (broad SMARTS) is 1. The number of carbonyl (C=O) groups is 4. The van der Waals surface area contributed by atoms with E-state index in [4.69, 9.17) is 4.84 Å². The number of hydrogen-bond acceptors (Lipinski definition) is 13. The van der Waals surface area contributed by atoms with Crippen LogP contribution in [0.4, 0.5) is 0 Å². The van der Waals surface area contributed by atoms with Crippen LogP contribution < -0.4 is 5.32 Å². The van der Waals surface area contributed by atoms with E-state index in [0.29, 0.717) is 16.5 Å². The summed E-state index contributed by atoms with van der Waals surface area (Å²) in [5.74, 6) is -3.02. The van der Waals surface area contributed by atoms with E-state index in [1.807, 2.05) is 5.38 Å². The highest BCUT2D eigenvalue weighted by atomic mass is 32.2. The van der Waals surface area contributed by atoms with Crippen molar-refractivity contribution >= 4 is 64.3 Å². The van der Waals surface area contributed by atoms with Crippen molar-refractivity contribution in [1.82, 2.24) is 30.4 Å². The van der Waals surface area contributed by atoms with Gasteiger partial charge in [0.2, 0.25) is 5.16 Å². The van der Waals surface area contributed by atoms with Gasteiger partial charge in [-0.15, -0.1) is 28.2 Å². The van der Waals surface area contributed by atoms with E-state index in [-0.39, 0.29) is 34.9 Å². The largest absolute Gasteiger partial charge is 0.508 e. The Labute approximate surface area is 244 Å². The molecule has 2 aliphatic rings. The number of thioether (sulfide) groups is 2. The van der Waals surface area contributed by atoms with Gasteiger partial charge in [-0.25, -0.2) is 14.3 Å². The fraction of sp³-hybridized carbons (Fsp3) is 0.250. The van der Waals surface area contributed by atoms with Crippen LogP contribution in [0.5, 0.6) is 5.75 Å². The van der Waals surface area contributed by atoms with Gasteiger partial charge in [-0.1, -0.05) is 35.1 Å². The van der Waals surface area contributed by atoms with Crippen molar-refractivity contribution in [1.29, 1.82) is 0 Å². The Hall–Kier alpha value is -4.22. The Balaban J connectivity index is 1.31. The molecule has 3 N–H and O–H groups in total. The van der Waals surface area contributed by atoms with Gasteiger partial charge >= 0.3 is 11.9 Å². The zero-order chi connectivity index (χ0) is 29.1. The molecule has 212 valence electrons. The summed E-state index contributed by atoms with van der Waals surface area (Å²) in [6.45, 7) is 0. The van der Waals surface area contributed by atoms with Crippen LogP contribution in [-0.4, -0.2) is 87.7 Å². The smallest absolute Gasteiger partial charge is 0.352 e. The Morgan fingerprint density at radius 2 is 2.10 bits per heavy atom. The molecule has 0 saturated carbocycles. The summed E-state index contributed by atoms with van der Waals surface area (Å²) >= 11 is 3.90. The number of aromatic hydroxyl groups is 1. The van der Waals surface area contributed by atoms with Crippen LogP contribution in [0.3, 0.4) is 0 Å². The number of tetrazole rings is 1. The molecule has 0 bridgehead atoms. The highest BCUT2D eigenvalue weighted by Gasteiger charge is 2.54. The van der Waals surface area contributed by atoms with Crippen molar-refractivity contribution in [3.05, 3.63) is 63.5 Å². The fourth-order valence-corrected chi connectivity index (χ4v) is 7.09. The zero-order valence-electron chi connectivity index (χ0n) is 21.2. The molecule has 1 saturated heterocycles. The van der Waals surface area contributed by atoms with Crippen molar-refractivity contribution in [2.24, 2.45) is 12.2 Å². The number of amides is 2. The molecule has 0 spiro atoms. The van der Waals surface area contributed by atoms with Crippen LogP contribution in [-0.2, 0) is 37.5 Å². The second kappa shape index (κ2) is 12.1. The van der Waals surface area contributed by atoms with Gasteiger partial charge in [-0.3, -0.25) is 14.5 Å². The molecule has 3 aromatic rings. The fourth-order valence-electron chi connectivity index (χ4n) is 4.06. The van der Waals surface area contributed by atoms with Crippen molar-refractivity contribution in [2.45, 2.75) is 23.0 Å². The van der Waals surface area contributed by atoms with Crippen molar-refractivity contribution in [3.63, 3.8) is 0 Å². The van der Waals surface area contributed by atoms with Gasteiger partial charge in [-0.05, 0) is 39.6 Å². The summed E-state index contributed by atoms with van der Waals surface area (Å²) in [7, 11) is 1.66. The maximum Gasteiger partial charge on any atom is 0.352 e. The maximum atomic E-state index is 13.3. The number of oxime groups is 1. The summed E-state index contributed by atoms with van der Waals surface area (Å²) in [5.41, 5.74) is 0.187. The zero-order valence-corrected chi connectivity index (χ0v) is 23.6. The van der Waals surface area contributed by atoms with E-state index < -0.39 is 35.2 Å². The lowest BCUT2D eigenvalue weighted by molar-refractivity contribution is -0.150. The minimum absolute atomic E-state index is 0.0526. The van der Waals surface area contributed by atoms with E-state index in [1.54, 1.807) is 19.2 Å². The van der Waals surface area contributed by atoms with Crippen molar-refractivity contribution in [3.8, 4) is 5.75 Å².